The summed E-state index contributed by atoms with van der Waals surface area (Å²) in [5.74, 6) is 1.30. The molecule has 1 saturated heterocycles. The number of nitrogens with zero attached hydrogens (tertiary/aromatic N) is 3. The smallest absolute Gasteiger partial charge is 0.229 e. The summed E-state index contributed by atoms with van der Waals surface area (Å²) in [6.45, 7) is 1.63. The lowest BCUT2D eigenvalue weighted by atomic mass is 9.98. The van der Waals surface area contributed by atoms with Gasteiger partial charge in [0.05, 0.1) is 36.6 Å². The van der Waals surface area contributed by atoms with Crippen molar-refractivity contribution in [3.63, 3.8) is 0 Å². The number of rotatable bonds is 8. The van der Waals surface area contributed by atoms with Gasteiger partial charge < -0.3 is 15.4 Å². The van der Waals surface area contributed by atoms with Gasteiger partial charge in [-0.3, -0.25) is 9.62 Å². The Morgan fingerprint density at radius 2 is 1.80 bits per heavy atom. The molecule has 1 aliphatic carbocycles. The van der Waals surface area contributed by atoms with Crippen molar-refractivity contribution in [2.75, 3.05) is 41.8 Å². The van der Waals surface area contributed by atoms with E-state index in [1.165, 1.54) is 17.3 Å². The summed E-state index contributed by atoms with van der Waals surface area (Å²) >= 11 is 6.39. The van der Waals surface area contributed by atoms with Crippen LogP contribution < -0.4 is 20.1 Å². The van der Waals surface area contributed by atoms with E-state index < -0.39 is 16.2 Å². The molecule has 0 saturated carbocycles. The number of anilines is 5. The second-order valence-electron chi connectivity index (χ2n) is 10.3. The van der Waals surface area contributed by atoms with Crippen LogP contribution in [-0.2, 0) is 22.9 Å². The standard InChI is InChI=1S/C28H34ClFN6O3S/c1-39-26-16-19-14-21(36-12-10-20(30)11-13-36)7-5-6-18(19)15-25(26)33-28-31-17-22(29)27(34-28)32-23-8-3-4-9-24(23)35-40(2,37)38/h3-4,8-9,15-17,20-21,35H,5-7,10-14H2,1-2H3,(H2,31,32,33,34). The molecule has 0 spiro atoms. The molecule has 3 aromatic rings. The van der Waals surface area contributed by atoms with Crippen molar-refractivity contribution in [3.05, 3.63) is 58.7 Å². The van der Waals surface area contributed by atoms with E-state index in [2.05, 4.69) is 42.4 Å². The Labute approximate surface area is 239 Å². The largest absolute Gasteiger partial charge is 0.495 e. The van der Waals surface area contributed by atoms with Gasteiger partial charge in [-0.05, 0) is 73.9 Å². The lowest BCUT2D eigenvalue weighted by Crippen LogP contribution is -2.42. The maximum absolute atomic E-state index is 13.7. The lowest BCUT2D eigenvalue weighted by molar-refractivity contribution is 0.106. The zero-order valence-electron chi connectivity index (χ0n) is 22.6. The van der Waals surface area contributed by atoms with E-state index in [4.69, 9.17) is 16.3 Å². The first-order chi connectivity index (χ1) is 19.2. The zero-order valence-corrected chi connectivity index (χ0v) is 24.2. The van der Waals surface area contributed by atoms with E-state index in [0.29, 0.717) is 47.8 Å². The fourth-order valence-corrected chi connectivity index (χ4v) is 6.14. The van der Waals surface area contributed by atoms with Crippen molar-refractivity contribution >= 4 is 50.5 Å². The highest BCUT2D eigenvalue weighted by molar-refractivity contribution is 7.92. The van der Waals surface area contributed by atoms with Gasteiger partial charge in [-0.2, -0.15) is 4.98 Å². The Morgan fingerprint density at radius 3 is 2.52 bits per heavy atom. The molecule has 1 aliphatic heterocycles. The summed E-state index contributed by atoms with van der Waals surface area (Å²) in [4.78, 5) is 11.3. The molecular weight excluding hydrogens is 555 g/mol. The minimum absolute atomic E-state index is 0.274. The highest BCUT2D eigenvalue weighted by Gasteiger charge is 2.27. The minimum atomic E-state index is -3.48. The average molecular weight is 589 g/mol. The number of likely N-dealkylation sites (tertiary alicyclic amines) is 1. The van der Waals surface area contributed by atoms with Crippen LogP contribution in [0.1, 0.15) is 36.8 Å². The second-order valence-corrected chi connectivity index (χ2v) is 12.5. The van der Waals surface area contributed by atoms with Gasteiger partial charge in [0, 0.05) is 19.1 Å². The Kier molecular flexibility index (Phi) is 8.62. The first kappa shape index (κ1) is 28.4. The fourth-order valence-electron chi connectivity index (χ4n) is 5.43. The molecule has 1 unspecified atom stereocenters. The number of sulfonamides is 1. The quantitative estimate of drug-likeness (QED) is 0.289. The third kappa shape index (κ3) is 6.94. The SMILES string of the molecule is COc1cc2c(cc1Nc1ncc(Cl)c(Nc3ccccc3NS(C)(=O)=O)n1)CCCC(N1CCC(F)CC1)C2. The van der Waals surface area contributed by atoms with E-state index in [1.807, 2.05) is 0 Å². The molecule has 9 nitrogen and oxygen atoms in total. The maximum atomic E-state index is 13.7. The fraction of sp³-hybridized carbons (Fsp3) is 0.429. The van der Waals surface area contributed by atoms with Crippen molar-refractivity contribution in [2.24, 2.45) is 0 Å². The van der Waals surface area contributed by atoms with E-state index >= 15 is 0 Å². The van der Waals surface area contributed by atoms with Crippen LogP contribution in [0, 0.1) is 0 Å². The number of halogens is 2. The van der Waals surface area contributed by atoms with Gasteiger partial charge in [0.25, 0.3) is 0 Å². The van der Waals surface area contributed by atoms with Gasteiger partial charge in [0.1, 0.15) is 16.9 Å². The Morgan fingerprint density at radius 1 is 1.05 bits per heavy atom. The van der Waals surface area contributed by atoms with Crippen LogP contribution in [0.4, 0.5) is 33.2 Å². The monoisotopic (exact) mass is 588 g/mol. The molecule has 3 N–H and O–H groups in total. The van der Waals surface area contributed by atoms with Gasteiger partial charge in [0.2, 0.25) is 16.0 Å². The zero-order chi connectivity index (χ0) is 28.3. The summed E-state index contributed by atoms with van der Waals surface area (Å²) in [7, 11) is -1.85. The molecule has 2 aromatic carbocycles. The van der Waals surface area contributed by atoms with Crippen molar-refractivity contribution < 1.29 is 17.5 Å². The maximum Gasteiger partial charge on any atom is 0.229 e. The van der Waals surface area contributed by atoms with Crippen molar-refractivity contribution in [3.8, 4) is 5.75 Å². The number of ether oxygens (including phenoxy) is 1. The summed E-state index contributed by atoms with van der Waals surface area (Å²) in [6.07, 6.45) is 7.14. The molecule has 40 heavy (non-hydrogen) atoms. The third-order valence-electron chi connectivity index (χ3n) is 7.40. The number of aromatic nitrogens is 2. The average Bonchev–Trinajstić information content (AvgIpc) is 3.12. The molecule has 1 atom stereocenters. The molecule has 1 fully saturated rings. The molecule has 0 bridgehead atoms. The molecule has 214 valence electrons. The van der Waals surface area contributed by atoms with Crippen LogP contribution >= 0.6 is 11.6 Å². The Balaban J connectivity index is 1.37. The van der Waals surface area contributed by atoms with E-state index in [-0.39, 0.29) is 5.02 Å². The minimum Gasteiger partial charge on any atom is -0.495 e. The molecule has 2 heterocycles. The van der Waals surface area contributed by atoms with Crippen LogP contribution in [-0.4, -0.2) is 62.0 Å². The highest BCUT2D eigenvalue weighted by Crippen LogP contribution is 2.36. The predicted octanol–water partition coefficient (Wildman–Crippen LogP) is 5.68. The second kappa shape index (κ2) is 12.2. The number of alkyl halides is 1. The normalized spacial score (nSPS) is 18.4. The molecule has 0 amide bonds. The number of fused-ring (bicyclic) bond motifs is 1. The molecule has 2 aliphatic rings. The van der Waals surface area contributed by atoms with Gasteiger partial charge in [-0.25, -0.2) is 17.8 Å². The predicted molar refractivity (Wildman–Crippen MR) is 158 cm³/mol. The summed E-state index contributed by atoms with van der Waals surface area (Å²) in [5, 5.41) is 6.65. The topological polar surface area (TPSA) is 108 Å². The van der Waals surface area contributed by atoms with Crippen LogP contribution in [0.5, 0.6) is 5.75 Å². The van der Waals surface area contributed by atoms with Crippen LogP contribution in [0.3, 0.4) is 0 Å². The van der Waals surface area contributed by atoms with Crippen molar-refractivity contribution in [1.29, 1.82) is 0 Å². The number of hydrogen-bond donors (Lipinski definition) is 3. The van der Waals surface area contributed by atoms with Gasteiger partial charge in [0.15, 0.2) is 5.82 Å². The number of methoxy groups -OCH3 is 1. The van der Waals surface area contributed by atoms with Crippen molar-refractivity contribution in [1.82, 2.24) is 14.9 Å². The Hall–Kier alpha value is -3.15. The first-order valence-corrected chi connectivity index (χ1v) is 15.7. The van der Waals surface area contributed by atoms with Gasteiger partial charge in [-0.15, -0.1) is 0 Å². The van der Waals surface area contributed by atoms with Crippen LogP contribution in [0.2, 0.25) is 5.02 Å². The molecule has 0 radical (unpaired) electrons. The van der Waals surface area contributed by atoms with Gasteiger partial charge in [-0.1, -0.05) is 23.7 Å². The summed E-state index contributed by atoms with van der Waals surface area (Å²) in [5.41, 5.74) is 4.10. The molecule has 12 heteroatoms. The summed E-state index contributed by atoms with van der Waals surface area (Å²) < 4.78 is 45.5. The van der Waals surface area contributed by atoms with E-state index in [9.17, 15) is 12.8 Å². The Bertz CT molecular complexity index is 1470. The molecular formula is C28H34ClFN6O3S. The van der Waals surface area contributed by atoms with E-state index in [1.54, 1.807) is 31.4 Å². The number of para-hydroxylation sites is 2. The van der Waals surface area contributed by atoms with Crippen molar-refractivity contribution in [2.45, 2.75) is 50.7 Å². The van der Waals surface area contributed by atoms with E-state index in [0.717, 1.165) is 50.7 Å². The number of hydrogen-bond acceptors (Lipinski definition) is 8. The van der Waals surface area contributed by atoms with Crippen LogP contribution in [0.15, 0.2) is 42.6 Å². The third-order valence-corrected chi connectivity index (χ3v) is 8.27. The van der Waals surface area contributed by atoms with Crippen LogP contribution in [0.25, 0.3) is 0 Å². The number of aryl methyl sites for hydroxylation is 1. The van der Waals surface area contributed by atoms with Gasteiger partial charge >= 0.3 is 0 Å². The first-order valence-electron chi connectivity index (χ1n) is 13.4. The number of piperidine rings is 1. The number of benzene rings is 2. The highest BCUT2D eigenvalue weighted by atomic mass is 35.5. The molecule has 5 rings (SSSR count). The lowest BCUT2D eigenvalue weighted by Gasteiger charge is -2.35. The number of nitrogens with one attached hydrogen (secondary N) is 3. The molecule has 1 aromatic heterocycles. The summed E-state index contributed by atoms with van der Waals surface area (Å²) in [6, 6.07) is 11.5.